The average molecular weight is 299 g/mol. The van der Waals surface area contributed by atoms with Gasteiger partial charge in [0.05, 0.1) is 6.04 Å². The average Bonchev–Trinajstić information content (AvgIpc) is 2.51. The van der Waals surface area contributed by atoms with E-state index in [4.69, 9.17) is 5.73 Å². The van der Waals surface area contributed by atoms with Gasteiger partial charge in [0.2, 0.25) is 5.91 Å². The van der Waals surface area contributed by atoms with Gasteiger partial charge in [0.1, 0.15) is 0 Å². The van der Waals surface area contributed by atoms with Gasteiger partial charge in [-0.2, -0.15) is 0 Å². The first-order valence-electron chi connectivity index (χ1n) is 9.12. The molecule has 0 bridgehead atoms. The van der Waals surface area contributed by atoms with Crippen molar-refractivity contribution in [2.24, 2.45) is 11.7 Å². The van der Waals surface area contributed by atoms with E-state index in [9.17, 15) is 4.79 Å². The van der Waals surface area contributed by atoms with Crippen LogP contribution in [0.3, 0.4) is 0 Å². The van der Waals surface area contributed by atoms with E-state index in [2.05, 4.69) is 27.7 Å². The third-order valence-corrected chi connectivity index (χ3v) is 4.42. The number of carbonyl (C=O) groups is 1. The maximum atomic E-state index is 12.6. The van der Waals surface area contributed by atoms with Crippen molar-refractivity contribution in [3.05, 3.63) is 0 Å². The van der Waals surface area contributed by atoms with Gasteiger partial charge in [0, 0.05) is 13.1 Å². The van der Waals surface area contributed by atoms with Crippen molar-refractivity contribution in [3.8, 4) is 0 Å². The van der Waals surface area contributed by atoms with Gasteiger partial charge in [-0.05, 0) is 18.8 Å². The van der Waals surface area contributed by atoms with Crippen molar-refractivity contribution in [2.75, 3.05) is 13.1 Å². The molecule has 126 valence electrons. The Labute approximate surface area is 132 Å². The molecule has 1 amide bonds. The molecule has 0 aliphatic rings. The Hall–Kier alpha value is -0.570. The zero-order valence-electron chi connectivity index (χ0n) is 14.9. The first-order valence-corrected chi connectivity index (χ1v) is 9.12. The van der Waals surface area contributed by atoms with Crippen LogP contribution >= 0.6 is 0 Å². The molecule has 0 heterocycles. The largest absolute Gasteiger partial charge is 0.341 e. The lowest BCUT2D eigenvalue weighted by Crippen LogP contribution is -2.47. The summed E-state index contributed by atoms with van der Waals surface area (Å²) in [6, 6.07) is -0.327. The molecule has 0 aliphatic carbocycles. The highest BCUT2D eigenvalue weighted by Gasteiger charge is 2.24. The molecule has 0 radical (unpaired) electrons. The molecule has 0 unspecified atom stereocenters. The van der Waals surface area contributed by atoms with E-state index in [0.29, 0.717) is 0 Å². The van der Waals surface area contributed by atoms with E-state index in [0.717, 1.165) is 32.4 Å². The maximum absolute atomic E-state index is 12.6. The van der Waals surface area contributed by atoms with Gasteiger partial charge >= 0.3 is 0 Å². The van der Waals surface area contributed by atoms with Crippen LogP contribution < -0.4 is 5.73 Å². The predicted molar refractivity (Wildman–Crippen MR) is 92.3 cm³/mol. The Balaban J connectivity index is 4.35. The summed E-state index contributed by atoms with van der Waals surface area (Å²) in [6.45, 7) is 10.4. The fraction of sp³-hybridized carbons (Fsp3) is 0.944. The number of rotatable bonds is 13. The zero-order valence-corrected chi connectivity index (χ0v) is 14.9. The van der Waals surface area contributed by atoms with Crippen LogP contribution in [0.4, 0.5) is 0 Å². The van der Waals surface area contributed by atoms with Crippen LogP contribution in [0.15, 0.2) is 0 Å². The lowest BCUT2D eigenvalue weighted by atomic mass is 9.98. The monoisotopic (exact) mass is 298 g/mol. The lowest BCUT2D eigenvalue weighted by molar-refractivity contribution is -0.134. The third-order valence-electron chi connectivity index (χ3n) is 4.42. The zero-order chi connectivity index (χ0) is 16.1. The van der Waals surface area contributed by atoms with Crippen molar-refractivity contribution >= 4 is 5.91 Å². The van der Waals surface area contributed by atoms with Gasteiger partial charge in [-0.25, -0.2) is 0 Å². The predicted octanol–water partition coefficient (Wildman–Crippen LogP) is 4.35. The molecule has 3 heteroatoms. The fourth-order valence-electron chi connectivity index (χ4n) is 2.50. The van der Waals surface area contributed by atoms with E-state index in [-0.39, 0.29) is 17.9 Å². The lowest BCUT2D eigenvalue weighted by Gasteiger charge is -2.28. The summed E-state index contributed by atoms with van der Waals surface area (Å²) in [5.41, 5.74) is 6.14. The summed E-state index contributed by atoms with van der Waals surface area (Å²) >= 11 is 0. The maximum Gasteiger partial charge on any atom is 0.239 e. The van der Waals surface area contributed by atoms with Gasteiger partial charge < -0.3 is 10.6 Å². The molecule has 0 spiro atoms. The van der Waals surface area contributed by atoms with Crippen molar-refractivity contribution in [1.82, 2.24) is 4.90 Å². The first-order chi connectivity index (χ1) is 10.1. The summed E-state index contributed by atoms with van der Waals surface area (Å²) in [5.74, 6) is 0.434. The van der Waals surface area contributed by atoms with Crippen LogP contribution in [0, 0.1) is 5.92 Å². The van der Waals surface area contributed by atoms with Gasteiger partial charge in [0.15, 0.2) is 0 Å². The van der Waals surface area contributed by atoms with E-state index >= 15 is 0 Å². The first kappa shape index (κ1) is 20.4. The smallest absolute Gasteiger partial charge is 0.239 e. The summed E-state index contributed by atoms with van der Waals surface area (Å²) < 4.78 is 0. The van der Waals surface area contributed by atoms with Crippen LogP contribution in [0.25, 0.3) is 0 Å². The Morgan fingerprint density at radius 1 is 0.905 bits per heavy atom. The van der Waals surface area contributed by atoms with E-state index in [1.807, 2.05) is 4.90 Å². The number of hydrogen-bond donors (Lipinski definition) is 1. The molecule has 0 aromatic carbocycles. The Kier molecular flexibility index (Phi) is 12.8. The molecule has 0 aromatic heterocycles. The molecule has 2 atom stereocenters. The van der Waals surface area contributed by atoms with Crippen molar-refractivity contribution in [3.63, 3.8) is 0 Å². The van der Waals surface area contributed by atoms with Crippen LogP contribution in [-0.4, -0.2) is 29.9 Å². The van der Waals surface area contributed by atoms with Crippen LogP contribution in [0.2, 0.25) is 0 Å². The second-order valence-electron chi connectivity index (χ2n) is 6.36. The highest BCUT2D eigenvalue weighted by molar-refractivity contribution is 5.81. The van der Waals surface area contributed by atoms with Crippen molar-refractivity contribution < 1.29 is 4.79 Å². The quantitative estimate of drug-likeness (QED) is 0.514. The molecule has 0 aliphatic heterocycles. The number of unbranched alkanes of at least 4 members (excludes halogenated alkanes) is 6. The number of carbonyl (C=O) groups excluding carboxylic acids is 1. The summed E-state index contributed by atoms with van der Waals surface area (Å²) in [5, 5.41) is 0. The summed E-state index contributed by atoms with van der Waals surface area (Å²) in [7, 11) is 0. The van der Waals surface area contributed by atoms with Crippen LogP contribution in [0.1, 0.15) is 85.5 Å². The molecular weight excluding hydrogens is 260 g/mol. The van der Waals surface area contributed by atoms with E-state index < -0.39 is 0 Å². The molecule has 0 rings (SSSR count). The molecular formula is C18H38N2O. The molecule has 0 fully saturated rings. The van der Waals surface area contributed by atoms with Crippen molar-refractivity contribution in [2.45, 2.75) is 91.5 Å². The summed E-state index contributed by atoms with van der Waals surface area (Å²) in [4.78, 5) is 14.6. The molecule has 0 saturated carbocycles. The number of amides is 1. The van der Waals surface area contributed by atoms with Gasteiger partial charge in [-0.15, -0.1) is 0 Å². The van der Waals surface area contributed by atoms with Gasteiger partial charge in [-0.1, -0.05) is 72.6 Å². The van der Waals surface area contributed by atoms with Crippen molar-refractivity contribution in [1.29, 1.82) is 0 Å². The second kappa shape index (κ2) is 13.1. The standard InChI is InChI=1S/C18H38N2O/c1-5-8-10-12-14-20(15-13-11-9-6-2)18(21)17(19)16(4)7-3/h16-17H,5-15,19H2,1-4H3/t16-,17-/m0/s1. The topological polar surface area (TPSA) is 46.3 Å². The van der Waals surface area contributed by atoms with Gasteiger partial charge in [0.25, 0.3) is 0 Å². The minimum Gasteiger partial charge on any atom is -0.341 e. The minimum atomic E-state index is -0.327. The molecule has 0 saturated heterocycles. The molecule has 2 N–H and O–H groups in total. The van der Waals surface area contributed by atoms with Crippen LogP contribution in [0.5, 0.6) is 0 Å². The minimum absolute atomic E-state index is 0.164. The highest BCUT2D eigenvalue weighted by Crippen LogP contribution is 2.12. The number of hydrogen-bond acceptors (Lipinski definition) is 2. The fourth-order valence-corrected chi connectivity index (χ4v) is 2.50. The van der Waals surface area contributed by atoms with Crippen LogP contribution in [-0.2, 0) is 4.79 Å². The second-order valence-corrected chi connectivity index (χ2v) is 6.36. The SMILES string of the molecule is CCCCCCN(CCCCCC)C(=O)[C@@H](N)[C@@H](C)CC. The molecule has 21 heavy (non-hydrogen) atoms. The number of nitrogens with two attached hydrogens (primary N) is 1. The Morgan fingerprint density at radius 3 is 1.76 bits per heavy atom. The third kappa shape index (κ3) is 9.13. The van der Waals surface area contributed by atoms with E-state index in [1.165, 1.54) is 38.5 Å². The Bertz CT molecular complexity index is 244. The molecule has 3 nitrogen and oxygen atoms in total. The molecule has 0 aromatic rings. The Morgan fingerprint density at radius 2 is 1.38 bits per heavy atom. The van der Waals surface area contributed by atoms with Gasteiger partial charge in [-0.3, -0.25) is 4.79 Å². The van der Waals surface area contributed by atoms with E-state index in [1.54, 1.807) is 0 Å². The normalized spacial score (nSPS) is 14.0. The number of nitrogens with zero attached hydrogens (tertiary/aromatic N) is 1. The highest BCUT2D eigenvalue weighted by atomic mass is 16.2. The summed E-state index contributed by atoms with van der Waals surface area (Å²) in [6.07, 6.45) is 10.6.